The fourth-order valence-corrected chi connectivity index (χ4v) is 2.64. The molecule has 0 unspecified atom stereocenters. The molecule has 0 spiro atoms. The first-order chi connectivity index (χ1) is 13.2. The normalized spacial score (nSPS) is 12.1. The van der Waals surface area contributed by atoms with Crippen LogP contribution in [0.3, 0.4) is 0 Å². The third kappa shape index (κ3) is 3.65. The van der Waals surface area contributed by atoms with Crippen molar-refractivity contribution in [1.29, 1.82) is 0 Å². The van der Waals surface area contributed by atoms with Gasteiger partial charge in [-0.2, -0.15) is 0 Å². The lowest BCUT2D eigenvalue weighted by Gasteiger charge is -2.08. The molecule has 0 amide bonds. The van der Waals surface area contributed by atoms with Crippen molar-refractivity contribution in [3.8, 4) is 11.1 Å². The third-order valence-corrected chi connectivity index (χ3v) is 4.07. The van der Waals surface area contributed by atoms with Crippen LogP contribution in [0.5, 0.6) is 0 Å². The van der Waals surface area contributed by atoms with E-state index >= 15 is 0 Å². The van der Waals surface area contributed by atoms with E-state index in [1.807, 2.05) is 0 Å². The van der Waals surface area contributed by atoms with Crippen molar-refractivity contribution in [1.82, 2.24) is 0 Å². The molecule has 7 heteroatoms. The standard InChI is InChI=1S/C21H11F7/c1-10-2-4-14(15(22)6-10)20(27)19(26)11-3-5-13(16(23)7-11)12-8-17(24)21(28)18(25)9-12/h2-9H,1H3/b20-19+. The van der Waals surface area contributed by atoms with Crippen LogP contribution in [0.1, 0.15) is 16.7 Å². The van der Waals surface area contributed by atoms with Gasteiger partial charge in [0.2, 0.25) is 0 Å². The second-order valence-corrected chi connectivity index (χ2v) is 6.06. The van der Waals surface area contributed by atoms with Gasteiger partial charge in [0.1, 0.15) is 11.6 Å². The van der Waals surface area contributed by atoms with Gasteiger partial charge in [-0.05, 0) is 48.4 Å². The molecule has 144 valence electrons. The molecule has 3 aromatic rings. The van der Waals surface area contributed by atoms with Crippen LogP contribution in [0.4, 0.5) is 30.7 Å². The summed E-state index contributed by atoms with van der Waals surface area (Å²) >= 11 is 0. The van der Waals surface area contributed by atoms with E-state index < -0.39 is 51.9 Å². The Balaban J connectivity index is 2.04. The number of aryl methyl sites for hydroxylation is 1. The highest BCUT2D eigenvalue weighted by Crippen LogP contribution is 2.33. The smallest absolute Gasteiger partial charge is 0.194 e. The summed E-state index contributed by atoms with van der Waals surface area (Å²) in [5.41, 5.74) is -1.34. The first-order valence-corrected chi connectivity index (χ1v) is 7.95. The van der Waals surface area contributed by atoms with Crippen molar-refractivity contribution in [2.75, 3.05) is 0 Å². The van der Waals surface area contributed by atoms with Crippen molar-refractivity contribution in [3.63, 3.8) is 0 Å². The highest BCUT2D eigenvalue weighted by Gasteiger charge is 2.18. The van der Waals surface area contributed by atoms with Crippen LogP contribution < -0.4 is 0 Å². The van der Waals surface area contributed by atoms with Crippen molar-refractivity contribution in [2.24, 2.45) is 0 Å². The monoisotopic (exact) mass is 396 g/mol. The van der Waals surface area contributed by atoms with Crippen LogP contribution in [-0.4, -0.2) is 0 Å². The Labute approximate surface area is 155 Å². The van der Waals surface area contributed by atoms with Crippen LogP contribution in [0, 0.1) is 36.0 Å². The third-order valence-electron chi connectivity index (χ3n) is 4.07. The van der Waals surface area contributed by atoms with Gasteiger partial charge in [0.05, 0.1) is 0 Å². The SMILES string of the molecule is Cc1ccc(/C(F)=C(\F)c2ccc(-c3cc(F)c(F)c(F)c3)c(F)c2)c(F)c1. The Morgan fingerprint density at radius 3 is 1.86 bits per heavy atom. The molecule has 0 aliphatic rings. The molecular formula is C21H11F7. The largest absolute Gasteiger partial charge is 0.206 e. The molecule has 0 saturated heterocycles. The number of rotatable bonds is 3. The number of halogens is 7. The van der Waals surface area contributed by atoms with Crippen LogP contribution in [0.15, 0.2) is 48.5 Å². The molecule has 0 aromatic heterocycles. The van der Waals surface area contributed by atoms with Crippen molar-refractivity contribution >= 4 is 11.7 Å². The van der Waals surface area contributed by atoms with E-state index in [9.17, 15) is 30.7 Å². The summed E-state index contributed by atoms with van der Waals surface area (Å²) in [4.78, 5) is 0. The van der Waals surface area contributed by atoms with Gasteiger partial charge in [0.15, 0.2) is 29.1 Å². The lowest BCUT2D eigenvalue weighted by molar-refractivity contribution is 0.447. The average molecular weight is 396 g/mol. The fraction of sp³-hybridized carbons (Fsp3) is 0.0476. The van der Waals surface area contributed by atoms with Gasteiger partial charge >= 0.3 is 0 Å². The number of benzene rings is 3. The van der Waals surface area contributed by atoms with Crippen LogP contribution in [-0.2, 0) is 0 Å². The summed E-state index contributed by atoms with van der Waals surface area (Å²) in [6.45, 7) is 1.57. The maximum Gasteiger partial charge on any atom is 0.194 e. The van der Waals surface area contributed by atoms with Crippen molar-refractivity contribution < 1.29 is 30.7 Å². The summed E-state index contributed by atoms with van der Waals surface area (Å²) < 4.78 is 96.6. The van der Waals surface area contributed by atoms with Crippen molar-refractivity contribution in [3.05, 3.63) is 94.3 Å². The van der Waals surface area contributed by atoms with Crippen LogP contribution in [0.2, 0.25) is 0 Å². The van der Waals surface area contributed by atoms with E-state index in [0.29, 0.717) is 23.8 Å². The van der Waals surface area contributed by atoms with Crippen LogP contribution in [0.25, 0.3) is 22.8 Å². The molecular weight excluding hydrogens is 385 g/mol. The fourth-order valence-electron chi connectivity index (χ4n) is 2.64. The minimum Gasteiger partial charge on any atom is -0.206 e. The van der Waals surface area contributed by atoms with E-state index in [2.05, 4.69) is 0 Å². The van der Waals surface area contributed by atoms with Gasteiger partial charge in [-0.3, -0.25) is 0 Å². The predicted octanol–water partition coefficient (Wildman–Crippen LogP) is 7.12. The maximum absolute atomic E-state index is 14.4. The van der Waals surface area contributed by atoms with E-state index in [-0.39, 0.29) is 11.1 Å². The first kappa shape index (κ1) is 19.7. The van der Waals surface area contributed by atoms with Gasteiger partial charge in [0.25, 0.3) is 0 Å². The molecule has 0 aliphatic carbocycles. The molecule has 3 rings (SSSR count). The first-order valence-electron chi connectivity index (χ1n) is 7.95. The summed E-state index contributed by atoms with van der Waals surface area (Å²) in [6.07, 6.45) is 0. The number of hydrogen-bond acceptors (Lipinski definition) is 0. The molecule has 0 aliphatic heterocycles. The summed E-state index contributed by atoms with van der Waals surface area (Å²) in [5, 5.41) is 0. The second kappa shape index (κ2) is 7.50. The molecule has 0 N–H and O–H groups in total. The summed E-state index contributed by atoms with van der Waals surface area (Å²) in [7, 11) is 0. The Morgan fingerprint density at radius 2 is 1.29 bits per heavy atom. The molecule has 0 atom stereocenters. The molecule has 0 fully saturated rings. The summed E-state index contributed by atoms with van der Waals surface area (Å²) in [5.74, 6) is -9.90. The van der Waals surface area contributed by atoms with E-state index in [4.69, 9.17) is 0 Å². The second-order valence-electron chi connectivity index (χ2n) is 6.06. The lowest BCUT2D eigenvalue weighted by atomic mass is 10.0. The highest BCUT2D eigenvalue weighted by molar-refractivity contribution is 5.84. The molecule has 0 nitrogen and oxygen atoms in total. The van der Waals surface area contributed by atoms with Gasteiger partial charge in [-0.15, -0.1) is 0 Å². The Morgan fingerprint density at radius 1 is 0.643 bits per heavy atom. The molecule has 0 heterocycles. The van der Waals surface area contributed by atoms with Crippen molar-refractivity contribution in [2.45, 2.75) is 6.92 Å². The zero-order valence-corrected chi connectivity index (χ0v) is 14.3. The topological polar surface area (TPSA) is 0 Å². The number of hydrogen-bond donors (Lipinski definition) is 0. The molecule has 0 bridgehead atoms. The average Bonchev–Trinajstić information content (AvgIpc) is 2.64. The Bertz CT molecular complexity index is 1080. The van der Waals surface area contributed by atoms with E-state index in [1.54, 1.807) is 6.92 Å². The molecule has 3 aromatic carbocycles. The quantitative estimate of drug-likeness (QED) is 0.251. The van der Waals surface area contributed by atoms with Gasteiger partial charge < -0.3 is 0 Å². The van der Waals surface area contributed by atoms with Crippen LogP contribution >= 0.6 is 0 Å². The van der Waals surface area contributed by atoms with E-state index in [0.717, 1.165) is 24.3 Å². The van der Waals surface area contributed by atoms with Gasteiger partial charge in [0, 0.05) is 16.7 Å². The maximum atomic E-state index is 14.4. The zero-order valence-electron chi connectivity index (χ0n) is 14.3. The Hall–Kier alpha value is -3.09. The molecule has 28 heavy (non-hydrogen) atoms. The van der Waals surface area contributed by atoms with Gasteiger partial charge in [-0.1, -0.05) is 18.2 Å². The molecule has 0 radical (unpaired) electrons. The molecule has 0 saturated carbocycles. The highest BCUT2D eigenvalue weighted by atomic mass is 19.2. The zero-order chi connectivity index (χ0) is 20.6. The summed E-state index contributed by atoms with van der Waals surface area (Å²) in [6, 6.07) is 7.10. The minimum absolute atomic E-state index is 0.324. The predicted molar refractivity (Wildman–Crippen MR) is 91.9 cm³/mol. The lowest BCUT2D eigenvalue weighted by Crippen LogP contribution is -1.95. The van der Waals surface area contributed by atoms with E-state index in [1.165, 1.54) is 6.07 Å². The Kier molecular flexibility index (Phi) is 5.27. The van der Waals surface area contributed by atoms with Gasteiger partial charge in [-0.25, -0.2) is 30.7 Å². The minimum atomic E-state index is -1.71.